The van der Waals surface area contributed by atoms with E-state index in [-0.39, 0.29) is 10.8 Å². The van der Waals surface area contributed by atoms with E-state index in [9.17, 15) is 0 Å². The Morgan fingerprint density at radius 2 is 1.94 bits per heavy atom. The first-order valence-electron chi connectivity index (χ1n) is 6.27. The first-order valence-corrected chi connectivity index (χ1v) is 6.27. The Bertz CT molecular complexity index is 466. The molecule has 1 saturated heterocycles. The van der Waals surface area contributed by atoms with Gasteiger partial charge in [0, 0.05) is 5.41 Å². The average Bonchev–Trinajstić information content (AvgIpc) is 2.74. The fraction of sp³-hybridized carbons (Fsp3) is 0.571. The van der Waals surface area contributed by atoms with Gasteiger partial charge in [-0.2, -0.15) is 0 Å². The summed E-state index contributed by atoms with van der Waals surface area (Å²) in [6.07, 6.45) is 0. The van der Waals surface area contributed by atoms with Gasteiger partial charge in [-0.05, 0) is 29.7 Å². The first-order chi connectivity index (χ1) is 8.59. The number of benzene rings is 1. The predicted octanol–water partition coefficient (Wildman–Crippen LogP) is 1.67. The minimum atomic E-state index is -0.0112. The van der Waals surface area contributed by atoms with Crippen LogP contribution in [0.25, 0.3) is 0 Å². The lowest BCUT2D eigenvalue weighted by Gasteiger charge is -2.52. The molecule has 2 heterocycles. The summed E-state index contributed by atoms with van der Waals surface area (Å²) < 4.78 is 16.3. The molecule has 0 unspecified atom stereocenters. The molecular weight excluding hydrogens is 230 g/mol. The van der Waals surface area contributed by atoms with E-state index in [0.29, 0.717) is 13.3 Å². The van der Waals surface area contributed by atoms with Crippen molar-refractivity contribution in [2.45, 2.75) is 19.3 Å². The topological polar surface area (TPSA) is 53.7 Å². The Kier molecular flexibility index (Phi) is 2.54. The fourth-order valence-electron chi connectivity index (χ4n) is 2.64. The molecule has 0 amide bonds. The van der Waals surface area contributed by atoms with Crippen LogP contribution in [0.5, 0.6) is 11.5 Å². The molecule has 3 rings (SSSR count). The largest absolute Gasteiger partial charge is 0.454 e. The highest BCUT2D eigenvalue weighted by atomic mass is 16.7. The Hall–Kier alpha value is -1.26. The van der Waals surface area contributed by atoms with Crippen LogP contribution in [0.15, 0.2) is 18.2 Å². The van der Waals surface area contributed by atoms with E-state index >= 15 is 0 Å². The highest BCUT2D eigenvalue weighted by Crippen LogP contribution is 2.48. The van der Waals surface area contributed by atoms with Gasteiger partial charge in [-0.15, -0.1) is 0 Å². The molecule has 0 aromatic heterocycles. The monoisotopic (exact) mass is 249 g/mol. The maximum absolute atomic E-state index is 5.94. The number of nitrogens with two attached hydrogens (primary N) is 1. The maximum Gasteiger partial charge on any atom is 0.231 e. The summed E-state index contributed by atoms with van der Waals surface area (Å²) in [4.78, 5) is 0. The number of ether oxygens (including phenoxy) is 3. The van der Waals surface area contributed by atoms with Crippen LogP contribution in [-0.4, -0.2) is 26.6 Å². The zero-order chi connectivity index (χ0) is 12.8. The summed E-state index contributed by atoms with van der Waals surface area (Å²) in [7, 11) is 0. The Balaban J connectivity index is 2.02. The zero-order valence-electron chi connectivity index (χ0n) is 10.9. The van der Waals surface area contributed by atoms with Gasteiger partial charge in [0.25, 0.3) is 0 Å². The van der Waals surface area contributed by atoms with Crippen molar-refractivity contribution in [3.63, 3.8) is 0 Å². The Morgan fingerprint density at radius 1 is 1.22 bits per heavy atom. The quantitative estimate of drug-likeness (QED) is 0.885. The molecule has 1 aromatic rings. The maximum atomic E-state index is 5.94. The molecule has 0 aliphatic carbocycles. The molecule has 2 aliphatic heterocycles. The Morgan fingerprint density at radius 3 is 2.56 bits per heavy atom. The van der Waals surface area contributed by atoms with Gasteiger partial charge >= 0.3 is 0 Å². The number of rotatable bonds is 3. The van der Waals surface area contributed by atoms with Crippen molar-refractivity contribution in [2.75, 3.05) is 26.6 Å². The van der Waals surface area contributed by atoms with Crippen LogP contribution < -0.4 is 15.2 Å². The van der Waals surface area contributed by atoms with Gasteiger partial charge in [0.15, 0.2) is 11.5 Å². The summed E-state index contributed by atoms with van der Waals surface area (Å²) in [6.45, 7) is 6.77. The lowest BCUT2D eigenvalue weighted by molar-refractivity contribution is -0.116. The van der Waals surface area contributed by atoms with Gasteiger partial charge in [-0.1, -0.05) is 19.9 Å². The molecule has 4 heteroatoms. The van der Waals surface area contributed by atoms with Gasteiger partial charge in [0.2, 0.25) is 6.79 Å². The van der Waals surface area contributed by atoms with Crippen molar-refractivity contribution in [3.8, 4) is 11.5 Å². The molecule has 0 spiro atoms. The van der Waals surface area contributed by atoms with Crippen LogP contribution in [0.4, 0.5) is 0 Å². The van der Waals surface area contributed by atoms with Crippen molar-refractivity contribution < 1.29 is 14.2 Å². The highest BCUT2D eigenvalue weighted by molar-refractivity contribution is 5.48. The molecule has 98 valence electrons. The van der Waals surface area contributed by atoms with E-state index in [1.165, 1.54) is 5.56 Å². The van der Waals surface area contributed by atoms with Crippen molar-refractivity contribution in [1.82, 2.24) is 0 Å². The first kappa shape index (κ1) is 11.8. The molecule has 0 bridgehead atoms. The minimum Gasteiger partial charge on any atom is -0.454 e. The van der Waals surface area contributed by atoms with Crippen LogP contribution >= 0.6 is 0 Å². The molecule has 4 nitrogen and oxygen atoms in total. The van der Waals surface area contributed by atoms with Crippen molar-refractivity contribution in [1.29, 1.82) is 0 Å². The standard InChI is InChI=1S/C14H19NO3/c1-13(2,6-15)14(7-16-8-14)10-3-4-11-12(5-10)18-9-17-11/h3-5H,6-9,15H2,1-2H3. The SMILES string of the molecule is CC(C)(CN)C1(c2ccc3c(c2)OCO3)COC1. The molecule has 0 saturated carbocycles. The minimum absolute atomic E-state index is 0.00104. The van der Waals surface area contributed by atoms with Crippen LogP contribution in [0.1, 0.15) is 19.4 Å². The third-order valence-electron chi connectivity index (χ3n) is 4.43. The van der Waals surface area contributed by atoms with Gasteiger partial charge in [-0.3, -0.25) is 0 Å². The third kappa shape index (κ3) is 1.45. The second-order valence-corrected chi connectivity index (χ2v) is 5.73. The van der Waals surface area contributed by atoms with Gasteiger partial charge < -0.3 is 19.9 Å². The van der Waals surface area contributed by atoms with E-state index in [2.05, 4.69) is 26.0 Å². The van der Waals surface area contributed by atoms with E-state index in [4.69, 9.17) is 19.9 Å². The summed E-state index contributed by atoms with van der Waals surface area (Å²) in [5.41, 5.74) is 7.16. The third-order valence-corrected chi connectivity index (χ3v) is 4.43. The molecule has 1 aromatic carbocycles. The van der Waals surface area contributed by atoms with Gasteiger partial charge in [-0.25, -0.2) is 0 Å². The van der Waals surface area contributed by atoms with E-state index < -0.39 is 0 Å². The second-order valence-electron chi connectivity index (χ2n) is 5.73. The molecule has 2 aliphatic rings. The normalized spacial score (nSPS) is 20.6. The van der Waals surface area contributed by atoms with Crippen molar-refractivity contribution in [3.05, 3.63) is 23.8 Å². The van der Waals surface area contributed by atoms with Crippen molar-refractivity contribution >= 4 is 0 Å². The van der Waals surface area contributed by atoms with Gasteiger partial charge in [0.05, 0.1) is 13.2 Å². The zero-order valence-corrected chi connectivity index (χ0v) is 10.9. The summed E-state index contributed by atoms with van der Waals surface area (Å²) >= 11 is 0. The molecule has 1 fully saturated rings. The van der Waals surface area contributed by atoms with Crippen LogP contribution in [0.3, 0.4) is 0 Å². The van der Waals surface area contributed by atoms with Crippen LogP contribution in [0.2, 0.25) is 0 Å². The van der Waals surface area contributed by atoms with Crippen molar-refractivity contribution in [2.24, 2.45) is 11.1 Å². The van der Waals surface area contributed by atoms with E-state index in [1.807, 2.05) is 6.07 Å². The summed E-state index contributed by atoms with van der Waals surface area (Å²) in [5.74, 6) is 1.64. The highest BCUT2D eigenvalue weighted by Gasteiger charge is 2.51. The second kappa shape index (κ2) is 3.87. The predicted molar refractivity (Wildman–Crippen MR) is 67.9 cm³/mol. The van der Waals surface area contributed by atoms with E-state index in [0.717, 1.165) is 24.7 Å². The summed E-state index contributed by atoms with van der Waals surface area (Å²) in [5, 5.41) is 0. The van der Waals surface area contributed by atoms with E-state index in [1.54, 1.807) is 0 Å². The van der Waals surface area contributed by atoms with Crippen LogP contribution in [-0.2, 0) is 10.2 Å². The molecule has 0 atom stereocenters. The van der Waals surface area contributed by atoms with Gasteiger partial charge in [0.1, 0.15) is 0 Å². The molecular formula is C14H19NO3. The van der Waals surface area contributed by atoms with Crippen LogP contribution in [0, 0.1) is 5.41 Å². The molecule has 0 radical (unpaired) electrons. The average molecular weight is 249 g/mol. The number of fused-ring (bicyclic) bond motifs is 1. The number of hydrogen-bond donors (Lipinski definition) is 1. The fourth-order valence-corrected chi connectivity index (χ4v) is 2.64. The molecule has 18 heavy (non-hydrogen) atoms. The Labute approximate surface area is 107 Å². The lowest BCUT2D eigenvalue weighted by Crippen LogP contribution is -2.59. The lowest BCUT2D eigenvalue weighted by atomic mass is 9.60. The smallest absolute Gasteiger partial charge is 0.231 e. The molecule has 2 N–H and O–H groups in total. The summed E-state index contributed by atoms with van der Waals surface area (Å²) in [6, 6.07) is 6.15. The number of hydrogen-bond acceptors (Lipinski definition) is 4.